The van der Waals surface area contributed by atoms with Gasteiger partial charge >= 0.3 is 11.9 Å². The van der Waals surface area contributed by atoms with Gasteiger partial charge in [-0.3, -0.25) is 9.36 Å². The number of nitrogens with zero attached hydrogens (tertiary/aromatic N) is 2. The van der Waals surface area contributed by atoms with Crippen molar-refractivity contribution in [3.8, 4) is 0 Å². The van der Waals surface area contributed by atoms with Crippen LogP contribution in [0.3, 0.4) is 0 Å². The number of fused-ring (bicyclic) bond motifs is 1. The Morgan fingerprint density at radius 3 is 2.54 bits per heavy atom. The lowest BCUT2D eigenvalue weighted by Crippen LogP contribution is -2.40. The molecule has 1 saturated carbocycles. The molecule has 0 saturated heterocycles. The van der Waals surface area contributed by atoms with Crippen molar-refractivity contribution >= 4 is 16.9 Å². The molecular weight excluding hydrogens is 373 g/mol. The predicted molar refractivity (Wildman–Crippen MR) is 100 cm³/mol. The zero-order chi connectivity index (χ0) is 20.5. The van der Waals surface area contributed by atoms with E-state index in [9.17, 15) is 22.8 Å². The average molecular weight is 398 g/mol. The number of alkyl halides is 3. The van der Waals surface area contributed by atoms with Crippen molar-refractivity contribution in [2.24, 2.45) is 5.92 Å². The first kappa shape index (κ1) is 20.4. The van der Waals surface area contributed by atoms with Gasteiger partial charge < -0.3 is 15.2 Å². The number of hydrogen-bond donors (Lipinski definition) is 2. The highest BCUT2D eigenvalue weighted by Gasteiger charge is 2.41. The van der Waals surface area contributed by atoms with Crippen LogP contribution in [0.2, 0.25) is 0 Å². The predicted octanol–water partition coefficient (Wildman–Crippen LogP) is 2.74. The lowest BCUT2D eigenvalue weighted by molar-refractivity contribution is -0.182. The second-order valence-corrected chi connectivity index (χ2v) is 7.68. The van der Waals surface area contributed by atoms with Crippen molar-refractivity contribution in [3.63, 3.8) is 0 Å². The minimum Gasteiger partial charge on any atom is -0.349 e. The van der Waals surface area contributed by atoms with Gasteiger partial charge in [0.2, 0.25) is 0 Å². The highest BCUT2D eigenvalue weighted by Crippen LogP contribution is 2.37. The van der Waals surface area contributed by atoms with Gasteiger partial charge in [0.1, 0.15) is 0 Å². The molecule has 0 radical (unpaired) electrons. The fraction of sp³-hybridized carbons (Fsp3) is 0.579. The van der Waals surface area contributed by atoms with Crippen LogP contribution in [0.1, 0.15) is 36.0 Å². The molecule has 1 aliphatic carbocycles. The summed E-state index contributed by atoms with van der Waals surface area (Å²) in [6.45, 7) is 1.16. The van der Waals surface area contributed by atoms with E-state index in [4.69, 9.17) is 0 Å². The van der Waals surface area contributed by atoms with Crippen molar-refractivity contribution in [2.45, 2.75) is 44.4 Å². The van der Waals surface area contributed by atoms with Crippen molar-refractivity contribution < 1.29 is 18.0 Å². The molecule has 28 heavy (non-hydrogen) atoms. The third-order valence-corrected chi connectivity index (χ3v) is 5.33. The molecule has 1 aromatic heterocycles. The van der Waals surface area contributed by atoms with Crippen molar-refractivity contribution in [3.05, 3.63) is 34.2 Å². The fourth-order valence-electron chi connectivity index (χ4n) is 3.65. The first-order valence-corrected chi connectivity index (χ1v) is 9.40. The van der Waals surface area contributed by atoms with Gasteiger partial charge in [0.05, 0.1) is 17.0 Å². The largest absolute Gasteiger partial charge is 0.391 e. The number of hydrogen-bond acceptors (Lipinski definition) is 3. The first-order chi connectivity index (χ1) is 13.1. The standard InChI is InChI=1S/C19H25F3N4O2/c1-25(2)9-10-26-16-11-12(3-8-15(16)24-18(26)28)17(27)23-14-6-4-13(5-7-14)19(20,21)22/h3,8,11,13-14H,4-7,9-10H2,1-2H3,(H,23,27)(H,24,28). The van der Waals surface area contributed by atoms with Gasteiger partial charge in [-0.1, -0.05) is 0 Å². The van der Waals surface area contributed by atoms with Crippen LogP contribution in [-0.4, -0.2) is 53.2 Å². The molecule has 3 rings (SSSR count). The summed E-state index contributed by atoms with van der Waals surface area (Å²) in [5, 5.41) is 2.84. The van der Waals surface area contributed by atoms with E-state index in [1.807, 2.05) is 19.0 Å². The van der Waals surface area contributed by atoms with E-state index in [1.54, 1.807) is 22.8 Å². The maximum atomic E-state index is 12.8. The Hall–Kier alpha value is -2.29. The average Bonchev–Trinajstić information content (AvgIpc) is 2.93. The maximum absolute atomic E-state index is 12.8. The van der Waals surface area contributed by atoms with E-state index in [-0.39, 0.29) is 30.5 Å². The minimum atomic E-state index is -4.16. The van der Waals surface area contributed by atoms with Gasteiger partial charge in [-0.2, -0.15) is 13.2 Å². The number of amides is 1. The third kappa shape index (κ3) is 4.57. The van der Waals surface area contributed by atoms with Crippen LogP contribution >= 0.6 is 0 Å². The smallest absolute Gasteiger partial charge is 0.349 e. The van der Waals surface area contributed by atoms with Crippen LogP contribution in [0.25, 0.3) is 11.0 Å². The molecule has 6 nitrogen and oxygen atoms in total. The molecule has 2 N–H and O–H groups in total. The summed E-state index contributed by atoms with van der Waals surface area (Å²) >= 11 is 0. The molecule has 1 aliphatic rings. The van der Waals surface area contributed by atoms with E-state index in [2.05, 4.69) is 10.3 Å². The molecule has 1 heterocycles. The zero-order valence-corrected chi connectivity index (χ0v) is 16.0. The number of imidazole rings is 1. The second kappa shape index (κ2) is 7.98. The summed E-state index contributed by atoms with van der Waals surface area (Å²) < 4.78 is 39.9. The number of aromatic nitrogens is 2. The summed E-state index contributed by atoms with van der Waals surface area (Å²) in [5.41, 5.74) is 1.44. The van der Waals surface area contributed by atoms with Gasteiger partial charge in [-0.25, -0.2) is 4.79 Å². The Labute approximate surface area is 160 Å². The Bertz CT molecular complexity index is 893. The molecule has 0 aliphatic heterocycles. The molecule has 1 aromatic carbocycles. The molecule has 2 aromatic rings. The molecular formula is C19H25F3N4O2. The summed E-state index contributed by atoms with van der Waals surface area (Å²) in [6, 6.07) is 4.69. The normalized spacial score (nSPS) is 20.6. The van der Waals surface area contributed by atoms with Gasteiger partial charge in [-0.05, 0) is 58.0 Å². The number of H-pyrrole nitrogens is 1. The van der Waals surface area contributed by atoms with Crippen LogP contribution in [0.4, 0.5) is 13.2 Å². The molecule has 0 unspecified atom stereocenters. The molecule has 0 bridgehead atoms. The first-order valence-electron chi connectivity index (χ1n) is 9.40. The van der Waals surface area contributed by atoms with E-state index in [0.717, 1.165) is 0 Å². The number of carbonyl (C=O) groups is 1. The summed E-state index contributed by atoms with van der Waals surface area (Å²) in [5.74, 6) is -1.60. The number of aromatic amines is 1. The van der Waals surface area contributed by atoms with Crippen LogP contribution < -0.4 is 11.0 Å². The lowest BCUT2D eigenvalue weighted by atomic mass is 9.85. The summed E-state index contributed by atoms with van der Waals surface area (Å²) in [7, 11) is 3.82. The van der Waals surface area contributed by atoms with E-state index in [0.29, 0.717) is 42.5 Å². The SMILES string of the molecule is CN(C)CCn1c(=O)[nH]c2ccc(C(=O)NC3CCC(C(F)(F)F)CC3)cc21. The van der Waals surface area contributed by atoms with Gasteiger partial charge in [-0.15, -0.1) is 0 Å². The van der Waals surface area contributed by atoms with E-state index < -0.39 is 12.1 Å². The topological polar surface area (TPSA) is 70.1 Å². The van der Waals surface area contributed by atoms with E-state index in [1.165, 1.54) is 0 Å². The molecule has 1 fully saturated rings. The van der Waals surface area contributed by atoms with Crippen LogP contribution in [0, 0.1) is 5.92 Å². The molecule has 1 amide bonds. The quantitative estimate of drug-likeness (QED) is 0.814. The van der Waals surface area contributed by atoms with Crippen molar-refractivity contribution in [1.82, 2.24) is 19.8 Å². The maximum Gasteiger partial charge on any atom is 0.391 e. The number of benzene rings is 1. The molecule has 9 heteroatoms. The monoisotopic (exact) mass is 398 g/mol. The zero-order valence-electron chi connectivity index (χ0n) is 16.0. The van der Waals surface area contributed by atoms with Crippen LogP contribution in [0.5, 0.6) is 0 Å². The van der Waals surface area contributed by atoms with E-state index >= 15 is 0 Å². The molecule has 154 valence electrons. The van der Waals surface area contributed by atoms with Crippen molar-refractivity contribution in [1.29, 1.82) is 0 Å². The Kier molecular flexibility index (Phi) is 5.83. The highest BCUT2D eigenvalue weighted by molar-refractivity contribution is 5.97. The third-order valence-electron chi connectivity index (χ3n) is 5.33. The van der Waals surface area contributed by atoms with Gasteiger partial charge in [0.15, 0.2) is 0 Å². The lowest BCUT2D eigenvalue weighted by Gasteiger charge is -2.30. The Morgan fingerprint density at radius 1 is 1.25 bits per heavy atom. The van der Waals surface area contributed by atoms with Crippen LogP contribution in [0.15, 0.2) is 23.0 Å². The molecule has 0 spiro atoms. The Morgan fingerprint density at radius 2 is 1.93 bits per heavy atom. The number of carbonyl (C=O) groups excluding carboxylic acids is 1. The fourth-order valence-corrected chi connectivity index (χ4v) is 3.65. The Balaban J connectivity index is 1.70. The van der Waals surface area contributed by atoms with Gasteiger partial charge in [0, 0.05) is 24.7 Å². The number of rotatable bonds is 5. The number of nitrogens with one attached hydrogen (secondary N) is 2. The highest BCUT2D eigenvalue weighted by atomic mass is 19.4. The second-order valence-electron chi connectivity index (χ2n) is 7.68. The summed E-state index contributed by atoms with van der Waals surface area (Å²) in [6.07, 6.45) is -3.46. The van der Waals surface area contributed by atoms with Gasteiger partial charge in [0.25, 0.3) is 5.91 Å². The van der Waals surface area contributed by atoms with Crippen molar-refractivity contribution in [2.75, 3.05) is 20.6 Å². The molecule has 0 atom stereocenters. The number of likely N-dealkylation sites (N-methyl/N-ethyl adjacent to an activating group) is 1. The minimum absolute atomic E-state index is 0.0371. The van der Waals surface area contributed by atoms with Crippen LogP contribution in [-0.2, 0) is 6.54 Å². The number of halogens is 3. The summed E-state index contributed by atoms with van der Waals surface area (Å²) in [4.78, 5) is 29.5.